The Balaban J connectivity index is 1.53. The van der Waals surface area contributed by atoms with Gasteiger partial charge in [-0.25, -0.2) is 8.42 Å². The Hall–Kier alpha value is -1.03. The summed E-state index contributed by atoms with van der Waals surface area (Å²) in [5.74, 6) is -3.55. The van der Waals surface area contributed by atoms with Crippen LogP contribution in [0.1, 0.15) is 40.5 Å². The minimum absolute atomic E-state index is 0.0341. The van der Waals surface area contributed by atoms with Crippen molar-refractivity contribution in [2.45, 2.75) is 76.2 Å². The molecule has 5 rings (SSSR count). The fraction of sp³-hybridized carbons (Fsp3) is 0.905. The van der Waals surface area contributed by atoms with E-state index in [9.17, 15) is 8.42 Å². The van der Waals surface area contributed by atoms with Gasteiger partial charge in [0.1, 0.15) is 12.2 Å². The lowest BCUT2D eigenvalue weighted by Gasteiger charge is -2.44. The first kappa shape index (κ1) is 24.7. The van der Waals surface area contributed by atoms with E-state index in [4.69, 9.17) is 32.6 Å². The molecule has 0 aromatic carbocycles. The lowest BCUT2D eigenvalue weighted by molar-refractivity contribution is -0.271. The molecule has 5 aliphatic rings. The van der Waals surface area contributed by atoms with Crippen molar-refractivity contribution in [1.29, 1.82) is 0 Å². The van der Waals surface area contributed by atoms with Crippen molar-refractivity contribution in [3.63, 3.8) is 0 Å². The second-order valence-electron chi connectivity index (χ2n) is 10.1. The van der Waals surface area contributed by atoms with Crippen molar-refractivity contribution in [3.05, 3.63) is 16.3 Å². The van der Waals surface area contributed by atoms with Gasteiger partial charge in [-0.2, -0.15) is 0 Å². The van der Waals surface area contributed by atoms with Gasteiger partial charge in [0, 0.05) is 26.7 Å². The molecule has 34 heavy (non-hydrogen) atoms. The number of fused-ring (bicyclic) bond motifs is 3. The Morgan fingerprint density at radius 1 is 1.06 bits per heavy atom. The Labute approximate surface area is 200 Å². The Morgan fingerprint density at radius 2 is 1.79 bits per heavy atom. The normalized spacial score (nSPS) is 39.1. The zero-order valence-electron chi connectivity index (χ0n) is 20.3. The summed E-state index contributed by atoms with van der Waals surface area (Å²) in [4.78, 5) is 5.83. The molecule has 0 amide bonds. The van der Waals surface area contributed by atoms with Gasteiger partial charge in [-0.05, 0) is 40.5 Å². The van der Waals surface area contributed by atoms with Gasteiger partial charge in [0.25, 0.3) is 5.79 Å². The zero-order chi connectivity index (χ0) is 24.4. The van der Waals surface area contributed by atoms with Crippen LogP contribution in [0.5, 0.6) is 0 Å². The molecule has 4 atom stereocenters. The van der Waals surface area contributed by atoms with Crippen LogP contribution in [0.25, 0.3) is 4.83 Å². The largest absolute Gasteiger partial charge is 0.446 e. The maximum atomic E-state index is 13.2. The fourth-order valence-electron chi connectivity index (χ4n) is 5.22. The van der Waals surface area contributed by atoms with Gasteiger partial charge in [0.05, 0.1) is 25.5 Å². The van der Waals surface area contributed by atoms with Crippen LogP contribution >= 0.6 is 0 Å². The number of likely N-dealkylation sites (tertiary alicyclic amines) is 1. The van der Waals surface area contributed by atoms with Crippen LogP contribution in [-0.2, 0) is 42.9 Å². The van der Waals surface area contributed by atoms with Crippen LogP contribution in [0, 0.1) is 0 Å². The maximum absolute atomic E-state index is 13.2. The number of allylic oxidation sites excluding steroid dienone is 1. The van der Waals surface area contributed by atoms with Gasteiger partial charge in [-0.15, -0.1) is 0 Å². The molecule has 5 saturated heterocycles. The molecular weight excluding hydrogens is 470 g/mol. The van der Waals surface area contributed by atoms with Gasteiger partial charge < -0.3 is 47.3 Å². The van der Waals surface area contributed by atoms with Crippen LogP contribution in [0.15, 0.2) is 11.5 Å². The highest BCUT2D eigenvalue weighted by molar-refractivity contribution is 7.89. The summed E-state index contributed by atoms with van der Waals surface area (Å²) in [7, 11) is -2.51. The SMILES string of the molecule is CN1CCCC1=C(OS(=O)(=O)[N-]N1CCOCC1)C12OC[C@H]3OC(C)(C)O[C@H]3[C@@H]1OC(C)(C)O2. The van der Waals surface area contributed by atoms with E-state index in [-0.39, 0.29) is 12.4 Å². The van der Waals surface area contributed by atoms with Crippen LogP contribution in [0.3, 0.4) is 0 Å². The number of rotatable bonds is 5. The predicted octanol–water partition coefficient (Wildman–Crippen LogP) is 1.20. The van der Waals surface area contributed by atoms with E-state index in [2.05, 4.69) is 4.83 Å². The number of nitrogens with zero attached hydrogens (tertiary/aromatic N) is 3. The minimum atomic E-state index is -4.39. The third-order valence-electron chi connectivity index (χ3n) is 6.50. The molecule has 0 radical (unpaired) electrons. The van der Waals surface area contributed by atoms with Gasteiger partial charge >= 0.3 is 0 Å². The average molecular weight is 505 g/mol. The smallest absolute Gasteiger partial charge is 0.263 e. The summed E-state index contributed by atoms with van der Waals surface area (Å²) < 4.78 is 68.5. The van der Waals surface area contributed by atoms with E-state index in [1.165, 1.54) is 5.01 Å². The van der Waals surface area contributed by atoms with Crippen LogP contribution in [-0.4, -0.2) is 101 Å². The highest BCUT2D eigenvalue weighted by atomic mass is 32.2. The van der Waals surface area contributed by atoms with E-state index < -0.39 is 46.0 Å². The lowest BCUT2D eigenvalue weighted by atomic mass is 9.94. The molecule has 0 aliphatic carbocycles. The number of hydrogen-bond donors (Lipinski definition) is 0. The summed E-state index contributed by atoms with van der Waals surface area (Å²) >= 11 is 0. The summed E-state index contributed by atoms with van der Waals surface area (Å²) in [5.41, 5.74) is 0.670. The molecule has 1 unspecified atom stereocenters. The topological polar surface area (TPSA) is 119 Å². The summed E-state index contributed by atoms with van der Waals surface area (Å²) in [6, 6.07) is 0. The molecule has 194 valence electrons. The molecule has 12 nitrogen and oxygen atoms in total. The molecule has 0 bridgehead atoms. The van der Waals surface area contributed by atoms with Crippen LogP contribution < -0.4 is 0 Å². The van der Waals surface area contributed by atoms with Crippen molar-refractivity contribution in [2.24, 2.45) is 0 Å². The molecule has 0 aromatic rings. The maximum Gasteiger partial charge on any atom is 0.263 e. The fourth-order valence-corrected chi connectivity index (χ4v) is 6.13. The van der Waals surface area contributed by atoms with Crippen molar-refractivity contribution < 1.29 is 41.0 Å². The molecule has 0 N–H and O–H groups in total. The standard InChI is InChI=1S/C21H34N3O9S/c1-19(2)29-15-13-28-21(18(16(15)30-19)31-20(3,4)33-21)17(14-7-6-8-23(14)5)32-34(25,26)22-24-9-11-27-12-10-24/h15-16,18H,6-13H2,1-5H3/q-1/t15-,16-,18+,21?/m1/s1. The quantitative estimate of drug-likeness (QED) is 0.503. The van der Waals surface area contributed by atoms with Crippen LogP contribution in [0.4, 0.5) is 0 Å². The first-order valence-corrected chi connectivity index (χ1v) is 13.1. The van der Waals surface area contributed by atoms with E-state index in [1.54, 1.807) is 13.8 Å². The number of ether oxygens (including phenoxy) is 6. The van der Waals surface area contributed by atoms with E-state index >= 15 is 0 Å². The zero-order valence-corrected chi connectivity index (χ0v) is 21.1. The van der Waals surface area contributed by atoms with Gasteiger partial charge in [-0.1, -0.05) is 0 Å². The molecule has 0 saturated carbocycles. The van der Waals surface area contributed by atoms with Gasteiger partial charge in [0.2, 0.25) is 10.3 Å². The van der Waals surface area contributed by atoms with Gasteiger partial charge in [0.15, 0.2) is 23.4 Å². The van der Waals surface area contributed by atoms with Crippen molar-refractivity contribution in [3.8, 4) is 0 Å². The molecule has 5 aliphatic heterocycles. The first-order valence-electron chi connectivity index (χ1n) is 11.7. The highest BCUT2D eigenvalue weighted by Crippen LogP contribution is 2.52. The summed E-state index contributed by atoms with van der Waals surface area (Å²) in [6.07, 6.45) is -0.332. The average Bonchev–Trinajstić information content (AvgIpc) is 3.38. The molecule has 5 fully saturated rings. The molecular formula is C21H34N3O9S-. The van der Waals surface area contributed by atoms with E-state index in [1.807, 2.05) is 25.8 Å². The Morgan fingerprint density at radius 3 is 2.47 bits per heavy atom. The van der Waals surface area contributed by atoms with Crippen molar-refractivity contribution in [2.75, 3.05) is 46.5 Å². The summed E-state index contributed by atoms with van der Waals surface area (Å²) in [6.45, 7) is 9.50. The number of morpholine rings is 1. The summed E-state index contributed by atoms with van der Waals surface area (Å²) in [5, 5.41) is 1.43. The number of hydrogen-bond acceptors (Lipinski definition) is 11. The molecule has 0 aromatic heterocycles. The molecule has 0 spiro atoms. The second kappa shape index (κ2) is 8.53. The third-order valence-corrected chi connectivity index (χ3v) is 7.31. The molecule has 5 heterocycles. The van der Waals surface area contributed by atoms with Gasteiger partial charge in [-0.3, -0.25) is 0 Å². The lowest BCUT2D eigenvalue weighted by Crippen LogP contribution is -2.60. The minimum Gasteiger partial charge on any atom is -0.446 e. The molecule has 13 heteroatoms. The third kappa shape index (κ3) is 4.58. The van der Waals surface area contributed by atoms with Crippen molar-refractivity contribution >= 4 is 10.3 Å². The van der Waals surface area contributed by atoms with E-state index in [0.29, 0.717) is 38.4 Å². The first-order chi connectivity index (χ1) is 15.9. The highest BCUT2D eigenvalue weighted by Gasteiger charge is 2.68. The van der Waals surface area contributed by atoms with Crippen LogP contribution in [0.2, 0.25) is 0 Å². The monoisotopic (exact) mass is 504 g/mol. The van der Waals surface area contributed by atoms with Crippen molar-refractivity contribution in [1.82, 2.24) is 9.91 Å². The Bertz CT molecular complexity index is 934. The van der Waals surface area contributed by atoms with E-state index in [0.717, 1.165) is 13.0 Å². The predicted molar refractivity (Wildman–Crippen MR) is 117 cm³/mol. The Kier molecular flexibility index (Phi) is 6.18. The second-order valence-corrected chi connectivity index (χ2v) is 11.3.